The number of carbonyl (C=O) groups is 1. The Morgan fingerprint density at radius 3 is 2.28 bits per heavy atom. The molecule has 1 heterocycles. The standard InChI is InChI=1S/C37H38ClN3O5S/c1-37(2,3)40-47(44,45)31-18-19-32(24-9-14-28(38)15-10-24)27(21-31)23-46-30-16-11-25(12-17-30)35-39-33-22-26(36(42)43)13-20-34(33)41(35)29-7-5-4-6-8-29/h9-22,29,40H,4-8,23H2,1-3H3,(H,42,43). The minimum absolute atomic E-state index is 0.134. The highest BCUT2D eigenvalue weighted by Gasteiger charge is 2.25. The molecule has 1 aliphatic rings. The first-order valence-electron chi connectivity index (χ1n) is 15.8. The Balaban J connectivity index is 1.31. The van der Waals surface area contributed by atoms with Crippen molar-refractivity contribution in [2.24, 2.45) is 0 Å². The van der Waals surface area contributed by atoms with E-state index in [1.807, 2.05) is 42.5 Å². The van der Waals surface area contributed by atoms with Crippen molar-refractivity contribution in [1.29, 1.82) is 0 Å². The number of nitrogens with one attached hydrogen (secondary N) is 1. The van der Waals surface area contributed by atoms with Crippen LogP contribution < -0.4 is 9.46 Å². The molecule has 0 radical (unpaired) electrons. The molecular weight excluding hydrogens is 634 g/mol. The van der Waals surface area contributed by atoms with Gasteiger partial charge in [0.25, 0.3) is 0 Å². The molecule has 1 aliphatic carbocycles. The van der Waals surface area contributed by atoms with Gasteiger partial charge in [-0.15, -0.1) is 0 Å². The smallest absolute Gasteiger partial charge is 0.335 e. The minimum atomic E-state index is -3.77. The summed E-state index contributed by atoms with van der Waals surface area (Å²) in [5.41, 5.74) is 4.52. The molecule has 10 heteroatoms. The molecule has 0 atom stereocenters. The molecule has 8 nitrogen and oxygen atoms in total. The van der Waals surface area contributed by atoms with Crippen LogP contribution in [0, 0.1) is 0 Å². The fourth-order valence-corrected chi connectivity index (χ4v) is 7.83. The van der Waals surface area contributed by atoms with Crippen molar-refractivity contribution in [1.82, 2.24) is 14.3 Å². The molecule has 47 heavy (non-hydrogen) atoms. The number of aromatic nitrogens is 2. The second-order valence-electron chi connectivity index (χ2n) is 13.1. The largest absolute Gasteiger partial charge is 0.489 e. The van der Waals surface area contributed by atoms with Crippen LogP contribution in [0.4, 0.5) is 0 Å². The summed E-state index contributed by atoms with van der Waals surface area (Å²) in [6.45, 7) is 5.54. The molecule has 1 saturated carbocycles. The second-order valence-corrected chi connectivity index (χ2v) is 15.2. The van der Waals surface area contributed by atoms with Gasteiger partial charge in [0.2, 0.25) is 10.0 Å². The molecule has 5 aromatic rings. The Labute approximate surface area is 280 Å². The van der Waals surface area contributed by atoms with E-state index < -0.39 is 21.5 Å². The van der Waals surface area contributed by atoms with Crippen molar-refractivity contribution < 1.29 is 23.1 Å². The number of fused-ring (bicyclic) bond motifs is 1. The predicted octanol–water partition coefficient (Wildman–Crippen LogP) is 8.88. The van der Waals surface area contributed by atoms with Gasteiger partial charge in [-0.05, 0) is 117 Å². The summed E-state index contributed by atoms with van der Waals surface area (Å²) in [6, 6.07) is 25.6. The molecule has 2 N–H and O–H groups in total. The first kappa shape index (κ1) is 32.7. The average Bonchev–Trinajstić information content (AvgIpc) is 3.42. The maximum Gasteiger partial charge on any atom is 0.335 e. The van der Waals surface area contributed by atoms with E-state index in [0.717, 1.165) is 53.7 Å². The number of ether oxygens (including phenoxy) is 1. The molecule has 0 spiro atoms. The third-order valence-electron chi connectivity index (χ3n) is 8.37. The van der Waals surface area contributed by atoms with Crippen LogP contribution in [0.15, 0.2) is 89.8 Å². The van der Waals surface area contributed by atoms with Gasteiger partial charge in [0.05, 0.1) is 21.5 Å². The number of rotatable bonds is 9. The van der Waals surface area contributed by atoms with Crippen LogP contribution in [-0.2, 0) is 16.6 Å². The van der Waals surface area contributed by atoms with Crippen LogP contribution in [0.25, 0.3) is 33.5 Å². The second kappa shape index (κ2) is 13.1. The highest BCUT2D eigenvalue weighted by atomic mass is 35.5. The number of hydrogen-bond acceptors (Lipinski definition) is 5. The van der Waals surface area contributed by atoms with Crippen molar-refractivity contribution in [2.45, 2.75) is 76.0 Å². The third kappa shape index (κ3) is 7.38. The lowest BCUT2D eigenvalue weighted by Crippen LogP contribution is -2.40. The van der Waals surface area contributed by atoms with Crippen molar-refractivity contribution in [3.8, 4) is 28.3 Å². The summed E-state index contributed by atoms with van der Waals surface area (Å²) in [5, 5.41) is 10.2. The van der Waals surface area contributed by atoms with E-state index in [4.69, 9.17) is 21.3 Å². The van der Waals surface area contributed by atoms with Crippen LogP contribution in [0.5, 0.6) is 5.75 Å². The Morgan fingerprint density at radius 1 is 0.936 bits per heavy atom. The molecule has 0 aliphatic heterocycles. The predicted molar refractivity (Wildman–Crippen MR) is 186 cm³/mol. The lowest BCUT2D eigenvalue weighted by atomic mass is 9.95. The fraction of sp³-hybridized carbons (Fsp3) is 0.297. The lowest BCUT2D eigenvalue weighted by Gasteiger charge is -2.25. The Morgan fingerprint density at radius 2 is 1.62 bits per heavy atom. The zero-order valence-corrected chi connectivity index (χ0v) is 28.2. The number of carboxylic acids is 1. The van der Waals surface area contributed by atoms with Gasteiger partial charge in [-0.2, -0.15) is 0 Å². The average molecular weight is 672 g/mol. The Hall–Kier alpha value is -4.18. The van der Waals surface area contributed by atoms with E-state index in [1.165, 1.54) is 6.42 Å². The molecule has 244 valence electrons. The van der Waals surface area contributed by atoms with Gasteiger partial charge < -0.3 is 14.4 Å². The van der Waals surface area contributed by atoms with Gasteiger partial charge in [-0.3, -0.25) is 0 Å². The van der Waals surface area contributed by atoms with Crippen molar-refractivity contribution in [3.63, 3.8) is 0 Å². The maximum absolute atomic E-state index is 13.2. The van der Waals surface area contributed by atoms with E-state index in [0.29, 0.717) is 21.9 Å². The van der Waals surface area contributed by atoms with Crippen LogP contribution >= 0.6 is 11.6 Å². The maximum atomic E-state index is 13.2. The van der Waals surface area contributed by atoms with Crippen LogP contribution in [0.3, 0.4) is 0 Å². The topological polar surface area (TPSA) is 111 Å². The van der Waals surface area contributed by atoms with Gasteiger partial charge in [0, 0.05) is 22.2 Å². The number of nitrogens with zero attached hydrogens (tertiary/aromatic N) is 2. The zero-order chi connectivity index (χ0) is 33.3. The molecule has 4 aromatic carbocycles. The van der Waals surface area contributed by atoms with Crippen LogP contribution in [-0.4, -0.2) is 34.6 Å². The normalized spacial score (nSPS) is 14.4. The molecule has 0 bridgehead atoms. The molecule has 6 rings (SSSR count). The molecule has 0 amide bonds. The van der Waals surface area contributed by atoms with Crippen LogP contribution in [0.1, 0.15) is 74.8 Å². The SMILES string of the molecule is CC(C)(C)NS(=O)(=O)c1ccc(-c2ccc(Cl)cc2)c(COc2ccc(-c3nc4cc(C(=O)O)ccc4n3C3CCCCC3)cc2)c1. The summed E-state index contributed by atoms with van der Waals surface area (Å²) in [6.07, 6.45) is 5.62. The molecule has 0 saturated heterocycles. The van der Waals surface area contributed by atoms with Gasteiger partial charge in [0.1, 0.15) is 18.2 Å². The number of aromatic carboxylic acids is 1. The number of hydrogen-bond donors (Lipinski definition) is 2. The number of benzene rings is 4. The van der Waals surface area contributed by atoms with Crippen LogP contribution in [0.2, 0.25) is 5.02 Å². The van der Waals surface area contributed by atoms with Gasteiger partial charge >= 0.3 is 5.97 Å². The number of sulfonamides is 1. The fourth-order valence-electron chi connectivity index (χ4n) is 6.24. The quantitative estimate of drug-likeness (QED) is 0.162. The summed E-state index contributed by atoms with van der Waals surface area (Å²) >= 11 is 6.14. The van der Waals surface area contributed by atoms with Crippen molar-refractivity contribution in [3.05, 3.63) is 101 Å². The summed E-state index contributed by atoms with van der Waals surface area (Å²) < 4.78 is 37.6. The zero-order valence-electron chi connectivity index (χ0n) is 26.7. The molecule has 1 fully saturated rings. The van der Waals surface area contributed by atoms with E-state index >= 15 is 0 Å². The first-order chi connectivity index (χ1) is 22.4. The minimum Gasteiger partial charge on any atom is -0.489 e. The Kier molecular flexibility index (Phi) is 9.16. The van der Waals surface area contributed by atoms with E-state index in [1.54, 1.807) is 63.2 Å². The van der Waals surface area contributed by atoms with E-state index in [-0.39, 0.29) is 23.1 Å². The first-order valence-corrected chi connectivity index (χ1v) is 17.7. The number of carboxylic acid groups (broad SMARTS) is 1. The van der Waals surface area contributed by atoms with Gasteiger partial charge in [0.15, 0.2) is 0 Å². The molecular formula is C37H38ClN3O5S. The number of imidazole rings is 1. The Bertz CT molecular complexity index is 2030. The third-order valence-corrected chi connectivity index (χ3v) is 10.4. The summed E-state index contributed by atoms with van der Waals surface area (Å²) in [7, 11) is -3.77. The molecule has 0 unspecified atom stereocenters. The van der Waals surface area contributed by atoms with E-state index in [9.17, 15) is 18.3 Å². The highest BCUT2D eigenvalue weighted by Crippen LogP contribution is 2.37. The van der Waals surface area contributed by atoms with Crippen molar-refractivity contribution >= 4 is 38.6 Å². The van der Waals surface area contributed by atoms with Gasteiger partial charge in [-0.1, -0.05) is 49.1 Å². The highest BCUT2D eigenvalue weighted by molar-refractivity contribution is 7.89. The monoisotopic (exact) mass is 671 g/mol. The molecule has 1 aromatic heterocycles. The van der Waals surface area contributed by atoms with E-state index in [2.05, 4.69) is 9.29 Å². The van der Waals surface area contributed by atoms with Gasteiger partial charge in [-0.25, -0.2) is 22.9 Å². The summed E-state index contributed by atoms with van der Waals surface area (Å²) in [5.74, 6) is 0.440. The van der Waals surface area contributed by atoms with Crippen molar-refractivity contribution in [2.75, 3.05) is 0 Å². The lowest BCUT2D eigenvalue weighted by molar-refractivity contribution is 0.0697. The number of halogens is 1. The summed E-state index contributed by atoms with van der Waals surface area (Å²) in [4.78, 5) is 16.7.